The molecule has 0 atom stereocenters. The zero-order valence-corrected chi connectivity index (χ0v) is 14.8. The van der Waals surface area contributed by atoms with Crippen LogP contribution in [-0.2, 0) is 24.4 Å². The number of carbonyl (C=O) groups excluding carboxylic acids is 1. The molecule has 2 aromatic carbocycles. The van der Waals surface area contributed by atoms with Crippen LogP contribution in [0, 0.1) is 17.5 Å². The zero-order valence-electron chi connectivity index (χ0n) is 14.8. The molecule has 1 amide bonds. The Bertz CT molecular complexity index is 979. The Morgan fingerprint density at radius 3 is 2.57 bits per heavy atom. The predicted octanol–water partition coefficient (Wildman–Crippen LogP) is 3.94. The van der Waals surface area contributed by atoms with Crippen molar-refractivity contribution >= 4 is 5.91 Å². The van der Waals surface area contributed by atoms with Gasteiger partial charge in [-0.25, -0.2) is 18.2 Å². The smallest absolute Gasteiger partial charge is 0.224 e. The van der Waals surface area contributed by atoms with Crippen LogP contribution >= 0.6 is 0 Å². The van der Waals surface area contributed by atoms with Crippen molar-refractivity contribution in [2.45, 2.75) is 19.6 Å². The molecule has 0 aliphatic rings. The second kappa shape index (κ2) is 9.03. The van der Waals surface area contributed by atoms with E-state index in [0.29, 0.717) is 5.56 Å². The summed E-state index contributed by atoms with van der Waals surface area (Å²) in [6.45, 7) is 0.131. The maximum Gasteiger partial charge on any atom is 0.224 e. The summed E-state index contributed by atoms with van der Waals surface area (Å²) in [5.74, 6) is -1.74. The van der Waals surface area contributed by atoms with Crippen molar-refractivity contribution in [3.63, 3.8) is 0 Å². The lowest BCUT2D eigenvalue weighted by Gasteiger charge is -2.09. The van der Waals surface area contributed by atoms with E-state index in [-0.39, 0.29) is 42.7 Å². The highest BCUT2D eigenvalue weighted by Gasteiger charge is 2.07. The van der Waals surface area contributed by atoms with Crippen molar-refractivity contribution in [2.24, 2.45) is 0 Å². The lowest BCUT2D eigenvalue weighted by molar-refractivity contribution is -0.120. The normalized spacial score (nSPS) is 10.5. The number of nitrogens with zero attached hydrogens (tertiary/aromatic N) is 1. The third kappa shape index (κ3) is 5.57. The van der Waals surface area contributed by atoms with Gasteiger partial charge in [-0.2, -0.15) is 0 Å². The van der Waals surface area contributed by atoms with Crippen LogP contribution in [-0.4, -0.2) is 10.9 Å². The monoisotopic (exact) mass is 386 g/mol. The topological polar surface area (TPSA) is 51.2 Å². The molecule has 3 aromatic rings. The van der Waals surface area contributed by atoms with E-state index >= 15 is 0 Å². The molecule has 4 nitrogen and oxygen atoms in total. The number of hydrogen-bond donors (Lipinski definition) is 1. The molecule has 0 fully saturated rings. The van der Waals surface area contributed by atoms with Crippen LogP contribution in [0.15, 0.2) is 60.8 Å². The van der Waals surface area contributed by atoms with E-state index in [4.69, 9.17) is 4.74 Å². The lowest BCUT2D eigenvalue weighted by Crippen LogP contribution is -2.24. The standard InChI is InChI=1S/C21H17F3N2O2/c22-17-3-1-2-14(8-17)9-20(27)26-12-15-6-7-25-21(10-15)28-13-16-4-5-18(23)11-19(16)24/h1-8,10-11H,9,12-13H2,(H,26,27). The number of hydrogen-bond acceptors (Lipinski definition) is 3. The molecule has 0 spiro atoms. The van der Waals surface area contributed by atoms with Gasteiger partial charge in [0.15, 0.2) is 0 Å². The van der Waals surface area contributed by atoms with Gasteiger partial charge in [0.1, 0.15) is 24.1 Å². The van der Waals surface area contributed by atoms with Crippen molar-refractivity contribution in [1.82, 2.24) is 10.3 Å². The Morgan fingerprint density at radius 2 is 1.79 bits per heavy atom. The van der Waals surface area contributed by atoms with E-state index in [2.05, 4.69) is 10.3 Å². The van der Waals surface area contributed by atoms with Gasteiger partial charge in [0.25, 0.3) is 0 Å². The number of halogens is 3. The van der Waals surface area contributed by atoms with Gasteiger partial charge >= 0.3 is 0 Å². The van der Waals surface area contributed by atoms with Crippen LogP contribution in [0.1, 0.15) is 16.7 Å². The van der Waals surface area contributed by atoms with Crippen LogP contribution in [0.4, 0.5) is 13.2 Å². The minimum atomic E-state index is -0.694. The molecule has 1 aromatic heterocycles. The van der Waals surface area contributed by atoms with Crippen molar-refractivity contribution < 1.29 is 22.7 Å². The van der Waals surface area contributed by atoms with E-state index in [1.165, 1.54) is 24.4 Å². The summed E-state index contributed by atoms with van der Waals surface area (Å²) in [4.78, 5) is 16.0. The van der Waals surface area contributed by atoms with Gasteiger partial charge in [0.05, 0.1) is 6.42 Å². The number of rotatable bonds is 7. The third-order valence-corrected chi connectivity index (χ3v) is 3.93. The third-order valence-electron chi connectivity index (χ3n) is 3.93. The molecule has 0 bridgehead atoms. The maximum atomic E-state index is 13.6. The highest BCUT2D eigenvalue weighted by molar-refractivity contribution is 5.78. The first-order valence-corrected chi connectivity index (χ1v) is 8.52. The molecule has 144 valence electrons. The molecule has 28 heavy (non-hydrogen) atoms. The average Bonchev–Trinajstić information content (AvgIpc) is 2.66. The molecule has 0 aliphatic heterocycles. The molecule has 7 heteroatoms. The fourth-order valence-electron chi connectivity index (χ4n) is 2.53. The molecular formula is C21H17F3N2O2. The van der Waals surface area contributed by atoms with Gasteiger partial charge < -0.3 is 10.1 Å². The Hall–Kier alpha value is -3.35. The second-order valence-electron chi connectivity index (χ2n) is 6.11. The van der Waals surface area contributed by atoms with Crippen molar-refractivity contribution in [3.05, 3.63) is 94.9 Å². The molecule has 3 rings (SSSR count). The minimum absolute atomic E-state index is 0.0655. The number of benzene rings is 2. The first-order chi connectivity index (χ1) is 13.5. The summed E-state index contributed by atoms with van der Waals surface area (Å²) in [6.07, 6.45) is 1.57. The van der Waals surface area contributed by atoms with Gasteiger partial charge in [0.2, 0.25) is 11.8 Å². The van der Waals surface area contributed by atoms with Crippen LogP contribution in [0.25, 0.3) is 0 Å². The number of nitrogens with one attached hydrogen (secondary N) is 1. The molecular weight excluding hydrogens is 369 g/mol. The molecule has 1 heterocycles. The predicted molar refractivity (Wildman–Crippen MR) is 96.9 cm³/mol. The maximum absolute atomic E-state index is 13.6. The van der Waals surface area contributed by atoms with E-state index in [1.54, 1.807) is 24.3 Å². The van der Waals surface area contributed by atoms with Gasteiger partial charge in [-0.05, 0) is 41.5 Å². The van der Waals surface area contributed by atoms with Gasteiger partial charge in [-0.15, -0.1) is 0 Å². The Labute approximate surface area is 160 Å². The largest absolute Gasteiger partial charge is 0.473 e. The van der Waals surface area contributed by atoms with Crippen LogP contribution in [0.2, 0.25) is 0 Å². The molecule has 1 N–H and O–H groups in total. The zero-order chi connectivity index (χ0) is 19.9. The number of aromatic nitrogens is 1. The number of ether oxygens (including phenoxy) is 1. The van der Waals surface area contributed by atoms with Crippen molar-refractivity contribution in [1.29, 1.82) is 0 Å². The summed E-state index contributed by atoms with van der Waals surface area (Å²) < 4.78 is 45.2. The van der Waals surface area contributed by atoms with E-state index in [1.807, 2.05) is 0 Å². The number of pyridine rings is 1. The summed E-state index contributed by atoms with van der Waals surface area (Å²) in [5, 5.41) is 2.74. The lowest BCUT2D eigenvalue weighted by atomic mass is 10.1. The molecule has 0 unspecified atom stereocenters. The SMILES string of the molecule is O=C(Cc1cccc(F)c1)NCc1ccnc(OCc2ccc(F)cc2F)c1. The highest BCUT2D eigenvalue weighted by Crippen LogP contribution is 2.15. The van der Waals surface area contributed by atoms with E-state index in [9.17, 15) is 18.0 Å². The molecule has 0 aliphatic carbocycles. The highest BCUT2D eigenvalue weighted by atomic mass is 19.1. The molecule has 0 saturated heterocycles. The number of amides is 1. The van der Waals surface area contributed by atoms with Crippen LogP contribution < -0.4 is 10.1 Å². The summed E-state index contributed by atoms with van der Waals surface area (Å²) in [6, 6.07) is 12.4. The van der Waals surface area contributed by atoms with Gasteiger partial charge in [-0.3, -0.25) is 4.79 Å². The van der Waals surface area contributed by atoms with Crippen LogP contribution in [0.3, 0.4) is 0 Å². The van der Waals surface area contributed by atoms with E-state index < -0.39 is 11.6 Å². The summed E-state index contributed by atoms with van der Waals surface area (Å²) in [5.41, 5.74) is 1.52. The fraction of sp³-hybridized carbons (Fsp3) is 0.143. The first kappa shape index (κ1) is 19.4. The molecule has 0 radical (unpaired) electrons. The summed E-state index contributed by atoms with van der Waals surface area (Å²) >= 11 is 0. The average molecular weight is 386 g/mol. The van der Waals surface area contributed by atoms with Gasteiger partial charge in [-0.1, -0.05) is 12.1 Å². The minimum Gasteiger partial charge on any atom is -0.473 e. The second-order valence-corrected chi connectivity index (χ2v) is 6.11. The van der Waals surface area contributed by atoms with Crippen molar-refractivity contribution in [3.8, 4) is 5.88 Å². The molecule has 0 saturated carbocycles. The summed E-state index contributed by atoms with van der Waals surface area (Å²) in [7, 11) is 0. The Morgan fingerprint density at radius 1 is 0.964 bits per heavy atom. The van der Waals surface area contributed by atoms with Crippen LogP contribution in [0.5, 0.6) is 5.88 Å². The Kier molecular flexibility index (Phi) is 6.26. The van der Waals surface area contributed by atoms with Crippen molar-refractivity contribution in [2.75, 3.05) is 0 Å². The quantitative estimate of drug-likeness (QED) is 0.669. The van der Waals surface area contributed by atoms with Gasteiger partial charge in [0, 0.05) is 30.4 Å². The van der Waals surface area contributed by atoms with E-state index in [0.717, 1.165) is 17.7 Å². The first-order valence-electron chi connectivity index (χ1n) is 8.52. The fourth-order valence-corrected chi connectivity index (χ4v) is 2.53. The number of carbonyl (C=O) groups is 1. The Balaban J connectivity index is 1.53.